The van der Waals surface area contributed by atoms with Crippen LogP contribution < -0.4 is 5.73 Å². The quantitative estimate of drug-likeness (QED) is 0.857. The average Bonchev–Trinajstić information content (AvgIpc) is 2.48. The van der Waals surface area contributed by atoms with E-state index in [1.165, 1.54) is 12.1 Å². The van der Waals surface area contributed by atoms with Gasteiger partial charge in [0.25, 0.3) is 0 Å². The van der Waals surface area contributed by atoms with Gasteiger partial charge in [-0.05, 0) is 36.5 Å². The van der Waals surface area contributed by atoms with E-state index >= 15 is 0 Å². The first-order chi connectivity index (χ1) is 9.79. The Bertz CT molecular complexity index is 487. The first kappa shape index (κ1) is 15.0. The molecule has 4 heteroatoms. The van der Waals surface area contributed by atoms with Crippen molar-refractivity contribution in [2.24, 2.45) is 11.7 Å². The van der Waals surface area contributed by atoms with E-state index < -0.39 is 0 Å². The molecule has 0 unspecified atom stereocenters. The van der Waals surface area contributed by atoms with Crippen molar-refractivity contribution in [1.29, 1.82) is 0 Å². The van der Waals surface area contributed by atoms with Crippen LogP contribution in [0.1, 0.15) is 24.0 Å². The molecule has 1 fully saturated rings. The van der Waals surface area contributed by atoms with E-state index in [0.29, 0.717) is 24.7 Å². The molecule has 0 radical (unpaired) electrons. The molecule has 1 aromatic rings. The molecule has 1 saturated heterocycles. The molecule has 1 aliphatic heterocycles. The predicted molar refractivity (Wildman–Crippen MR) is 75.5 cm³/mol. The number of ether oxygens (including phenoxy) is 2. The van der Waals surface area contributed by atoms with Gasteiger partial charge in [-0.15, -0.1) is 0 Å². The summed E-state index contributed by atoms with van der Waals surface area (Å²) in [4.78, 5) is 0. The highest BCUT2D eigenvalue weighted by molar-refractivity contribution is 5.41. The molecule has 2 N–H and O–H groups in total. The Morgan fingerprint density at radius 2 is 2.15 bits per heavy atom. The zero-order valence-electron chi connectivity index (χ0n) is 11.5. The fourth-order valence-electron chi connectivity index (χ4n) is 2.19. The monoisotopic (exact) mass is 277 g/mol. The Labute approximate surface area is 119 Å². The summed E-state index contributed by atoms with van der Waals surface area (Å²) in [5.74, 6) is 5.90. The molecule has 1 heterocycles. The van der Waals surface area contributed by atoms with Crippen molar-refractivity contribution in [3.05, 3.63) is 35.1 Å². The smallest absolute Gasteiger partial charge is 0.124 e. The number of rotatable bonds is 4. The van der Waals surface area contributed by atoms with E-state index in [1.54, 1.807) is 6.07 Å². The molecule has 2 rings (SSSR count). The third-order valence-corrected chi connectivity index (χ3v) is 3.35. The van der Waals surface area contributed by atoms with Crippen molar-refractivity contribution in [1.82, 2.24) is 0 Å². The largest absolute Gasteiger partial charge is 0.381 e. The molecule has 0 amide bonds. The number of hydrogen-bond donors (Lipinski definition) is 1. The lowest BCUT2D eigenvalue weighted by Gasteiger charge is -2.21. The Morgan fingerprint density at radius 1 is 1.35 bits per heavy atom. The standard InChI is InChI=1S/C16H20FNO2/c17-16-4-3-15(14(10-16)2-1-7-18)12-20-11-13-5-8-19-9-6-13/h3-4,10,13H,5-9,11-12,18H2. The maximum atomic E-state index is 13.2. The fourth-order valence-corrected chi connectivity index (χ4v) is 2.19. The summed E-state index contributed by atoms with van der Waals surface area (Å²) in [7, 11) is 0. The van der Waals surface area contributed by atoms with Gasteiger partial charge in [-0.25, -0.2) is 4.39 Å². The maximum absolute atomic E-state index is 13.2. The third-order valence-electron chi connectivity index (χ3n) is 3.35. The molecule has 0 spiro atoms. The first-order valence-electron chi connectivity index (χ1n) is 6.92. The molecule has 1 aliphatic rings. The van der Waals surface area contributed by atoms with Gasteiger partial charge in [0.15, 0.2) is 0 Å². The highest BCUT2D eigenvalue weighted by Crippen LogP contribution is 2.17. The maximum Gasteiger partial charge on any atom is 0.124 e. The van der Waals surface area contributed by atoms with E-state index in [9.17, 15) is 4.39 Å². The molecule has 0 aliphatic carbocycles. The number of halogens is 1. The van der Waals surface area contributed by atoms with Crippen molar-refractivity contribution < 1.29 is 13.9 Å². The second-order valence-corrected chi connectivity index (χ2v) is 4.88. The second kappa shape index (κ2) is 8.01. The van der Waals surface area contributed by atoms with Gasteiger partial charge in [0.2, 0.25) is 0 Å². The minimum Gasteiger partial charge on any atom is -0.381 e. The number of hydrogen-bond acceptors (Lipinski definition) is 3. The Balaban J connectivity index is 1.91. The molecule has 108 valence electrons. The second-order valence-electron chi connectivity index (χ2n) is 4.88. The number of benzene rings is 1. The molecular formula is C16H20FNO2. The molecule has 0 aromatic heterocycles. The van der Waals surface area contributed by atoms with Gasteiger partial charge in [-0.1, -0.05) is 17.9 Å². The van der Waals surface area contributed by atoms with Crippen molar-refractivity contribution in [3.63, 3.8) is 0 Å². The van der Waals surface area contributed by atoms with Crippen LogP contribution in [0, 0.1) is 23.6 Å². The predicted octanol–water partition coefficient (Wildman–Crippen LogP) is 2.08. The molecular weight excluding hydrogens is 257 g/mol. The Kier molecular flexibility index (Phi) is 6.00. The van der Waals surface area contributed by atoms with Gasteiger partial charge in [0.1, 0.15) is 5.82 Å². The molecule has 0 atom stereocenters. The van der Waals surface area contributed by atoms with Crippen LogP contribution >= 0.6 is 0 Å². The van der Waals surface area contributed by atoms with Gasteiger partial charge < -0.3 is 15.2 Å². The average molecular weight is 277 g/mol. The van der Waals surface area contributed by atoms with Gasteiger partial charge >= 0.3 is 0 Å². The molecule has 20 heavy (non-hydrogen) atoms. The summed E-state index contributed by atoms with van der Waals surface area (Å²) < 4.78 is 24.3. The lowest BCUT2D eigenvalue weighted by atomic mass is 10.0. The lowest BCUT2D eigenvalue weighted by molar-refractivity contribution is 0.0157. The summed E-state index contributed by atoms with van der Waals surface area (Å²) in [5.41, 5.74) is 6.91. The summed E-state index contributed by atoms with van der Waals surface area (Å²) >= 11 is 0. The normalized spacial score (nSPS) is 15.7. The Morgan fingerprint density at radius 3 is 2.90 bits per heavy atom. The first-order valence-corrected chi connectivity index (χ1v) is 6.92. The van der Waals surface area contributed by atoms with Crippen molar-refractivity contribution in [2.75, 3.05) is 26.4 Å². The van der Waals surface area contributed by atoms with Gasteiger partial charge in [0, 0.05) is 18.8 Å². The van der Waals surface area contributed by atoms with Crippen molar-refractivity contribution in [2.45, 2.75) is 19.4 Å². The Hall–Kier alpha value is -1.41. The van der Waals surface area contributed by atoms with Crippen LogP contribution in [0.4, 0.5) is 4.39 Å². The number of nitrogens with two attached hydrogens (primary N) is 1. The highest BCUT2D eigenvalue weighted by Gasteiger charge is 2.14. The zero-order chi connectivity index (χ0) is 14.2. The van der Waals surface area contributed by atoms with E-state index in [-0.39, 0.29) is 12.4 Å². The van der Waals surface area contributed by atoms with Crippen LogP contribution in [0.25, 0.3) is 0 Å². The molecule has 1 aromatic carbocycles. The van der Waals surface area contributed by atoms with Crippen LogP contribution in [-0.4, -0.2) is 26.4 Å². The molecule has 0 bridgehead atoms. The third kappa shape index (κ3) is 4.61. The SMILES string of the molecule is NCC#Cc1cc(F)ccc1COCC1CCOCC1. The fraction of sp³-hybridized carbons (Fsp3) is 0.500. The topological polar surface area (TPSA) is 44.5 Å². The summed E-state index contributed by atoms with van der Waals surface area (Å²) in [6.07, 6.45) is 2.09. The lowest BCUT2D eigenvalue weighted by Crippen LogP contribution is -2.20. The van der Waals surface area contributed by atoms with Crippen LogP contribution in [0.3, 0.4) is 0 Å². The van der Waals surface area contributed by atoms with Crippen LogP contribution in [0.15, 0.2) is 18.2 Å². The van der Waals surface area contributed by atoms with Crippen LogP contribution in [0.5, 0.6) is 0 Å². The summed E-state index contributed by atoms with van der Waals surface area (Å²) in [6.45, 7) is 3.06. The molecule has 0 saturated carbocycles. The van der Waals surface area contributed by atoms with Crippen molar-refractivity contribution >= 4 is 0 Å². The minimum atomic E-state index is -0.292. The van der Waals surface area contributed by atoms with Crippen LogP contribution in [-0.2, 0) is 16.1 Å². The molecule has 3 nitrogen and oxygen atoms in total. The highest BCUT2D eigenvalue weighted by atomic mass is 19.1. The minimum absolute atomic E-state index is 0.263. The summed E-state index contributed by atoms with van der Waals surface area (Å²) in [5, 5.41) is 0. The zero-order valence-corrected chi connectivity index (χ0v) is 11.5. The van der Waals surface area contributed by atoms with Gasteiger partial charge in [-0.3, -0.25) is 0 Å². The van der Waals surface area contributed by atoms with E-state index in [4.69, 9.17) is 15.2 Å². The van der Waals surface area contributed by atoms with Crippen LogP contribution in [0.2, 0.25) is 0 Å². The summed E-state index contributed by atoms with van der Waals surface area (Å²) in [6, 6.07) is 4.58. The van der Waals surface area contributed by atoms with Crippen molar-refractivity contribution in [3.8, 4) is 11.8 Å². The van der Waals surface area contributed by atoms with E-state index in [0.717, 1.165) is 31.6 Å². The van der Waals surface area contributed by atoms with Gasteiger partial charge in [-0.2, -0.15) is 0 Å². The van der Waals surface area contributed by atoms with E-state index in [1.807, 2.05) is 0 Å². The van der Waals surface area contributed by atoms with Gasteiger partial charge in [0.05, 0.1) is 19.8 Å². The van der Waals surface area contributed by atoms with E-state index in [2.05, 4.69) is 11.8 Å².